The molecular weight excluding hydrogens is 295 g/mol. The molecule has 2 heterocycles. The summed E-state index contributed by atoms with van der Waals surface area (Å²) in [6.07, 6.45) is -2.67. The van der Waals surface area contributed by atoms with Gasteiger partial charge in [-0.1, -0.05) is 18.2 Å². The molecule has 0 bridgehead atoms. The first kappa shape index (κ1) is 14.8. The van der Waals surface area contributed by atoms with Gasteiger partial charge in [0.05, 0.1) is 5.69 Å². The van der Waals surface area contributed by atoms with Gasteiger partial charge in [-0.2, -0.15) is 13.2 Å². The zero-order valence-electron chi connectivity index (χ0n) is 11.6. The summed E-state index contributed by atoms with van der Waals surface area (Å²) >= 11 is 0. The summed E-state index contributed by atoms with van der Waals surface area (Å²) in [5, 5.41) is 9.79. The molecule has 3 rings (SSSR count). The highest BCUT2D eigenvalue weighted by molar-refractivity contribution is 5.32. The first-order chi connectivity index (χ1) is 10.4. The van der Waals surface area contributed by atoms with Gasteiger partial charge in [0.25, 0.3) is 0 Å². The number of rotatable bonds is 2. The minimum atomic E-state index is -4.53. The minimum Gasteiger partial charge on any atom is -0.508 e. The molecule has 4 nitrogen and oxygen atoms in total. The lowest BCUT2D eigenvalue weighted by Crippen LogP contribution is -2.31. The van der Waals surface area contributed by atoms with Crippen LogP contribution in [-0.4, -0.2) is 26.5 Å². The van der Waals surface area contributed by atoms with E-state index in [0.717, 1.165) is 11.1 Å². The Bertz CT molecular complexity index is 688. The molecule has 1 aromatic carbocycles. The van der Waals surface area contributed by atoms with E-state index in [2.05, 4.69) is 9.97 Å². The zero-order valence-corrected chi connectivity index (χ0v) is 11.6. The Labute approximate surface area is 125 Å². The molecule has 1 aliphatic heterocycles. The van der Waals surface area contributed by atoms with Gasteiger partial charge in [-0.3, -0.25) is 4.90 Å². The number of aromatic nitrogens is 2. The van der Waals surface area contributed by atoms with Gasteiger partial charge in [0.2, 0.25) is 5.82 Å². The lowest BCUT2D eigenvalue weighted by molar-refractivity contribution is -0.145. The van der Waals surface area contributed by atoms with Crippen LogP contribution >= 0.6 is 0 Å². The summed E-state index contributed by atoms with van der Waals surface area (Å²) in [6, 6.07) is 6.94. The summed E-state index contributed by atoms with van der Waals surface area (Å²) in [6.45, 7) is 1.47. The zero-order chi connectivity index (χ0) is 15.7. The molecule has 1 N–H and O–H groups in total. The SMILES string of the molecule is Oc1ccccc1CN1CCc2cnc(C(F)(F)F)nc2C1. The van der Waals surface area contributed by atoms with Crippen molar-refractivity contribution in [3.8, 4) is 5.75 Å². The van der Waals surface area contributed by atoms with E-state index in [1.807, 2.05) is 11.0 Å². The Kier molecular flexibility index (Phi) is 3.74. The van der Waals surface area contributed by atoms with Gasteiger partial charge in [-0.15, -0.1) is 0 Å². The van der Waals surface area contributed by atoms with Crippen molar-refractivity contribution in [2.45, 2.75) is 25.7 Å². The number of alkyl halides is 3. The number of phenols is 1. The number of hydrogen-bond acceptors (Lipinski definition) is 4. The Balaban J connectivity index is 1.79. The van der Waals surface area contributed by atoms with Gasteiger partial charge in [0.1, 0.15) is 5.75 Å². The average Bonchev–Trinajstić information content (AvgIpc) is 2.48. The molecule has 0 fully saturated rings. The highest BCUT2D eigenvalue weighted by Gasteiger charge is 2.35. The Morgan fingerprint density at radius 1 is 1.23 bits per heavy atom. The number of hydrogen-bond donors (Lipinski definition) is 1. The van der Waals surface area contributed by atoms with E-state index in [1.54, 1.807) is 18.2 Å². The molecule has 0 atom stereocenters. The first-order valence-electron chi connectivity index (χ1n) is 6.84. The van der Waals surface area contributed by atoms with Crippen LogP contribution in [0.1, 0.15) is 22.6 Å². The summed E-state index contributed by atoms with van der Waals surface area (Å²) in [7, 11) is 0. The number of fused-ring (bicyclic) bond motifs is 1. The molecule has 1 aliphatic rings. The highest BCUT2D eigenvalue weighted by Crippen LogP contribution is 2.28. The molecule has 1 aromatic heterocycles. The quantitative estimate of drug-likeness (QED) is 0.927. The fourth-order valence-electron chi connectivity index (χ4n) is 2.51. The maximum atomic E-state index is 12.7. The van der Waals surface area contributed by atoms with Crippen molar-refractivity contribution in [2.75, 3.05) is 6.54 Å². The van der Waals surface area contributed by atoms with Crippen LogP contribution in [0.3, 0.4) is 0 Å². The highest BCUT2D eigenvalue weighted by atomic mass is 19.4. The van der Waals surface area contributed by atoms with Crippen molar-refractivity contribution in [3.05, 3.63) is 53.1 Å². The smallest absolute Gasteiger partial charge is 0.451 e. The van der Waals surface area contributed by atoms with Crippen molar-refractivity contribution >= 4 is 0 Å². The monoisotopic (exact) mass is 309 g/mol. The molecule has 2 aromatic rings. The van der Waals surface area contributed by atoms with Crippen molar-refractivity contribution in [3.63, 3.8) is 0 Å². The van der Waals surface area contributed by atoms with Crippen molar-refractivity contribution < 1.29 is 18.3 Å². The number of benzene rings is 1. The predicted octanol–water partition coefficient (Wildman–Crippen LogP) is 2.76. The normalized spacial score (nSPS) is 15.6. The molecule has 116 valence electrons. The first-order valence-corrected chi connectivity index (χ1v) is 6.84. The van der Waals surface area contributed by atoms with Crippen LogP contribution < -0.4 is 0 Å². The van der Waals surface area contributed by atoms with Crippen LogP contribution in [0.5, 0.6) is 5.75 Å². The van der Waals surface area contributed by atoms with E-state index in [-0.39, 0.29) is 5.75 Å². The van der Waals surface area contributed by atoms with Crippen molar-refractivity contribution in [1.82, 2.24) is 14.9 Å². The van der Waals surface area contributed by atoms with Gasteiger partial charge in [0.15, 0.2) is 0 Å². The maximum Gasteiger partial charge on any atom is 0.451 e. The molecule has 22 heavy (non-hydrogen) atoms. The summed E-state index contributed by atoms with van der Waals surface area (Å²) in [4.78, 5) is 9.01. The van der Waals surface area contributed by atoms with E-state index < -0.39 is 12.0 Å². The number of halogens is 3. The standard InChI is InChI=1S/C15H14F3N3O/c16-15(17,18)14-19-7-10-5-6-21(9-12(10)20-14)8-11-3-1-2-4-13(11)22/h1-4,7,22H,5-6,8-9H2. The van der Waals surface area contributed by atoms with Crippen LogP contribution in [0.2, 0.25) is 0 Å². The lowest BCUT2D eigenvalue weighted by Gasteiger charge is -2.28. The Morgan fingerprint density at radius 2 is 2.00 bits per heavy atom. The predicted molar refractivity (Wildman–Crippen MR) is 73.0 cm³/mol. The molecule has 7 heteroatoms. The fourth-order valence-corrected chi connectivity index (χ4v) is 2.51. The Hall–Kier alpha value is -2.15. The van der Waals surface area contributed by atoms with Crippen LogP contribution in [0.25, 0.3) is 0 Å². The second-order valence-corrected chi connectivity index (χ2v) is 5.25. The Morgan fingerprint density at radius 3 is 2.73 bits per heavy atom. The third-order valence-corrected chi connectivity index (χ3v) is 3.66. The van der Waals surface area contributed by atoms with Gasteiger partial charge in [0, 0.05) is 31.4 Å². The summed E-state index contributed by atoms with van der Waals surface area (Å²) in [5.41, 5.74) is 1.90. The van der Waals surface area contributed by atoms with Crippen LogP contribution in [0.4, 0.5) is 13.2 Å². The molecule has 0 aliphatic carbocycles. The van der Waals surface area contributed by atoms with Crippen LogP contribution in [-0.2, 0) is 25.7 Å². The van der Waals surface area contributed by atoms with E-state index in [9.17, 15) is 18.3 Å². The van der Waals surface area contributed by atoms with Crippen LogP contribution in [0, 0.1) is 0 Å². The second-order valence-electron chi connectivity index (χ2n) is 5.25. The molecule has 0 saturated carbocycles. The van der Waals surface area contributed by atoms with E-state index in [1.165, 1.54) is 6.20 Å². The number of nitrogens with zero attached hydrogens (tertiary/aromatic N) is 3. The van der Waals surface area contributed by atoms with E-state index in [4.69, 9.17) is 0 Å². The van der Waals surface area contributed by atoms with Gasteiger partial charge >= 0.3 is 6.18 Å². The molecular formula is C15H14F3N3O. The minimum absolute atomic E-state index is 0.187. The second kappa shape index (κ2) is 5.57. The fraction of sp³-hybridized carbons (Fsp3) is 0.333. The molecule has 0 saturated heterocycles. The number of aromatic hydroxyl groups is 1. The van der Waals surface area contributed by atoms with Gasteiger partial charge in [-0.05, 0) is 18.1 Å². The van der Waals surface area contributed by atoms with Crippen LogP contribution in [0.15, 0.2) is 30.5 Å². The van der Waals surface area contributed by atoms with E-state index >= 15 is 0 Å². The van der Waals surface area contributed by atoms with Gasteiger partial charge < -0.3 is 5.11 Å². The van der Waals surface area contributed by atoms with E-state index in [0.29, 0.717) is 31.7 Å². The molecule has 0 spiro atoms. The summed E-state index contributed by atoms with van der Waals surface area (Å²) in [5.74, 6) is -0.914. The third kappa shape index (κ3) is 3.04. The lowest BCUT2D eigenvalue weighted by atomic mass is 10.1. The number of phenolic OH excluding ortho intramolecular Hbond substituents is 1. The molecule has 0 unspecified atom stereocenters. The van der Waals surface area contributed by atoms with Crippen molar-refractivity contribution in [1.29, 1.82) is 0 Å². The topological polar surface area (TPSA) is 49.2 Å². The summed E-state index contributed by atoms with van der Waals surface area (Å²) < 4.78 is 38.0. The van der Waals surface area contributed by atoms with Crippen molar-refractivity contribution in [2.24, 2.45) is 0 Å². The molecule has 0 radical (unpaired) electrons. The number of para-hydroxylation sites is 1. The maximum absolute atomic E-state index is 12.7. The largest absolute Gasteiger partial charge is 0.508 e. The third-order valence-electron chi connectivity index (χ3n) is 3.66. The molecule has 0 amide bonds. The van der Waals surface area contributed by atoms with Gasteiger partial charge in [-0.25, -0.2) is 9.97 Å². The average molecular weight is 309 g/mol.